The lowest BCUT2D eigenvalue weighted by molar-refractivity contribution is -0.159. The molecule has 1 aliphatic heterocycles. The number of carbonyl (C=O) groups is 1. The highest BCUT2D eigenvalue weighted by Crippen LogP contribution is 2.29. The van der Waals surface area contributed by atoms with Gasteiger partial charge in [-0.25, -0.2) is 0 Å². The molecule has 1 fully saturated rings. The molecule has 0 saturated carbocycles. The lowest BCUT2D eigenvalue weighted by Gasteiger charge is -2.16. The van der Waals surface area contributed by atoms with Crippen LogP contribution in [-0.2, 0) is 12.6 Å². The Balaban J connectivity index is 1.29. The fourth-order valence-electron chi connectivity index (χ4n) is 3.58. The van der Waals surface area contributed by atoms with Crippen molar-refractivity contribution in [2.45, 2.75) is 25.1 Å². The molecule has 2 heterocycles. The Labute approximate surface area is 177 Å². The lowest BCUT2D eigenvalue weighted by Crippen LogP contribution is -2.37. The van der Waals surface area contributed by atoms with Gasteiger partial charge in [0.05, 0.1) is 0 Å². The summed E-state index contributed by atoms with van der Waals surface area (Å²) in [4.78, 5) is 18.2. The Kier molecular flexibility index (Phi) is 6.03. The Hall–Kier alpha value is -3.20. The summed E-state index contributed by atoms with van der Waals surface area (Å²) in [6.45, 7) is 2.66. The molecule has 1 amide bonds. The first-order valence-corrected chi connectivity index (χ1v) is 9.97. The van der Waals surface area contributed by atoms with Crippen LogP contribution < -0.4 is 5.32 Å². The van der Waals surface area contributed by atoms with Crippen LogP contribution in [0.25, 0.3) is 11.4 Å². The number of aromatic nitrogens is 2. The van der Waals surface area contributed by atoms with E-state index in [9.17, 15) is 18.0 Å². The van der Waals surface area contributed by atoms with Gasteiger partial charge in [0.2, 0.25) is 5.82 Å². The Bertz CT molecular complexity index is 1020. The van der Waals surface area contributed by atoms with Gasteiger partial charge in [-0.05, 0) is 30.5 Å². The number of nitrogens with zero attached hydrogens (tertiary/aromatic N) is 3. The van der Waals surface area contributed by atoms with E-state index in [1.807, 2.05) is 18.2 Å². The van der Waals surface area contributed by atoms with Crippen LogP contribution in [-0.4, -0.2) is 46.6 Å². The largest absolute Gasteiger partial charge is 0.471 e. The van der Waals surface area contributed by atoms with Crippen molar-refractivity contribution in [3.8, 4) is 11.4 Å². The molecule has 9 heteroatoms. The van der Waals surface area contributed by atoms with Crippen molar-refractivity contribution in [3.05, 3.63) is 71.6 Å². The van der Waals surface area contributed by atoms with E-state index in [4.69, 9.17) is 0 Å². The fraction of sp³-hybridized carbons (Fsp3) is 0.318. The number of hydrogen-bond donors (Lipinski definition) is 1. The standard InChI is InChI=1S/C22H21F3N4O2/c23-22(24,25)21-27-19(28-31-21)16-6-8-17(9-7-16)20(30)26-18-11-13-29(14-18)12-10-15-4-2-1-3-5-15/h1-9,18H,10-14H2,(H,26,30). The van der Waals surface area contributed by atoms with Gasteiger partial charge in [-0.1, -0.05) is 47.6 Å². The van der Waals surface area contributed by atoms with Crippen molar-refractivity contribution in [3.63, 3.8) is 0 Å². The van der Waals surface area contributed by atoms with Gasteiger partial charge in [0, 0.05) is 36.8 Å². The molecule has 162 valence electrons. The van der Waals surface area contributed by atoms with E-state index in [0.29, 0.717) is 11.1 Å². The van der Waals surface area contributed by atoms with E-state index in [1.54, 1.807) is 0 Å². The highest BCUT2D eigenvalue weighted by molar-refractivity contribution is 5.94. The molecule has 2 aromatic carbocycles. The number of amides is 1. The maximum absolute atomic E-state index is 12.6. The zero-order chi connectivity index (χ0) is 21.8. The van der Waals surface area contributed by atoms with Crippen molar-refractivity contribution < 1.29 is 22.5 Å². The number of hydrogen-bond acceptors (Lipinski definition) is 5. The molecule has 1 aromatic heterocycles. The predicted octanol–water partition coefficient (Wildman–Crippen LogP) is 3.80. The zero-order valence-electron chi connectivity index (χ0n) is 16.6. The van der Waals surface area contributed by atoms with Crippen molar-refractivity contribution in [1.82, 2.24) is 20.4 Å². The summed E-state index contributed by atoms with van der Waals surface area (Å²) in [5, 5.41) is 6.37. The third-order valence-corrected chi connectivity index (χ3v) is 5.24. The van der Waals surface area contributed by atoms with Crippen LogP contribution in [0, 0.1) is 0 Å². The molecule has 31 heavy (non-hydrogen) atoms. The first-order chi connectivity index (χ1) is 14.9. The van der Waals surface area contributed by atoms with Gasteiger partial charge in [-0.15, -0.1) is 0 Å². The average Bonchev–Trinajstić information content (AvgIpc) is 3.43. The molecular formula is C22H21F3N4O2. The second-order valence-corrected chi connectivity index (χ2v) is 7.49. The summed E-state index contributed by atoms with van der Waals surface area (Å²) in [6, 6.07) is 16.4. The molecule has 0 bridgehead atoms. The van der Waals surface area contributed by atoms with Crippen LogP contribution in [0.3, 0.4) is 0 Å². The van der Waals surface area contributed by atoms with Crippen LogP contribution in [0.2, 0.25) is 0 Å². The maximum Gasteiger partial charge on any atom is 0.471 e. The third kappa shape index (κ3) is 5.29. The SMILES string of the molecule is O=C(NC1CCN(CCc2ccccc2)C1)c1ccc(-c2noc(C(F)(F)F)n2)cc1. The molecule has 0 spiro atoms. The molecule has 1 atom stereocenters. The van der Waals surface area contributed by atoms with Crippen LogP contribution >= 0.6 is 0 Å². The second-order valence-electron chi connectivity index (χ2n) is 7.49. The molecule has 4 rings (SSSR count). The van der Waals surface area contributed by atoms with Crippen LogP contribution in [0.4, 0.5) is 13.2 Å². The number of rotatable bonds is 6. The molecule has 3 aromatic rings. The van der Waals surface area contributed by atoms with Crippen molar-refractivity contribution >= 4 is 5.91 Å². The number of carbonyl (C=O) groups excluding carboxylic acids is 1. The third-order valence-electron chi connectivity index (χ3n) is 5.24. The van der Waals surface area contributed by atoms with E-state index in [2.05, 4.69) is 37.0 Å². The first kappa shape index (κ1) is 21.0. The van der Waals surface area contributed by atoms with Crippen LogP contribution in [0.1, 0.15) is 28.2 Å². The summed E-state index contributed by atoms with van der Waals surface area (Å²) < 4.78 is 42.0. The van der Waals surface area contributed by atoms with Gasteiger partial charge < -0.3 is 14.7 Å². The van der Waals surface area contributed by atoms with Crippen LogP contribution in [0.15, 0.2) is 59.1 Å². The van der Waals surface area contributed by atoms with Crippen molar-refractivity contribution in [2.75, 3.05) is 19.6 Å². The number of benzene rings is 2. The van der Waals surface area contributed by atoms with E-state index >= 15 is 0 Å². The van der Waals surface area contributed by atoms with E-state index in [1.165, 1.54) is 29.8 Å². The molecular weight excluding hydrogens is 409 g/mol. The predicted molar refractivity (Wildman–Crippen MR) is 107 cm³/mol. The van der Waals surface area contributed by atoms with Gasteiger partial charge in [0.1, 0.15) is 0 Å². The lowest BCUT2D eigenvalue weighted by atomic mass is 10.1. The summed E-state index contributed by atoms with van der Waals surface area (Å²) in [5.41, 5.74) is 2.05. The van der Waals surface area contributed by atoms with Crippen molar-refractivity contribution in [2.24, 2.45) is 0 Å². The highest BCUT2D eigenvalue weighted by Gasteiger charge is 2.38. The number of likely N-dealkylation sites (tertiary alicyclic amines) is 1. The van der Waals surface area contributed by atoms with Gasteiger partial charge >= 0.3 is 12.1 Å². The van der Waals surface area contributed by atoms with Crippen LogP contribution in [0.5, 0.6) is 0 Å². The fourth-order valence-corrected chi connectivity index (χ4v) is 3.58. The minimum absolute atomic E-state index is 0.0644. The summed E-state index contributed by atoms with van der Waals surface area (Å²) >= 11 is 0. The topological polar surface area (TPSA) is 71.3 Å². The quantitative estimate of drug-likeness (QED) is 0.644. The van der Waals surface area contributed by atoms with Gasteiger partial charge in [-0.3, -0.25) is 4.79 Å². The minimum atomic E-state index is -4.69. The summed E-state index contributed by atoms with van der Waals surface area (Å²) in [5.74, 6) is -1.79. The second kappa shape index (κ2) is 8.89. The Morgan fingerprint density at radius 2 is 1.87 bits per heavy atom. The Morgan fingerprint density at radius 1 is 1.13 bits per heavy atom. The minimum Gasteiger partial charge on any atom is -0.348 e. The molecule has 0 aliphatic carbocycles. The molecule has 6 nitrogen and oxygen atoms in total. The smallest absolute Gasteiger partial charge is 0.348 e. The van der Waals surface area contributed by atoms with Gasteiger partial charge in [0.25, 0.3) is 5.91 Å². The number of halogens is 3. The Morgan fingerprint density at radius 3 is 2.55 bits per heavy atom. The average molecular weight is 430 g/mol. The highest BCUT2D eigenvalue weighted by atomic mass is 19.4. The molecule has 1 saturated heterocycles. The summed E-state index contributed by atoms with van der Waals surface area (Å²) in [6.07, 6.45) is -2.85. The maximum atomic E-state index is 12.6. The molecule has 1 N–H and O–H groups in total. The summed E-state index contributed by atoms with van der Waals surface area (Å²) in [7, 11) is 0. The molecule has 0 radical (unpaired) electrons. The number of alkyl halides is 3. The monoisotopic (exact) mass is 430 g/mol. The van der Waals surface area contributed by atoms with E-state index in [0.717, 1.165) is 32.5 Å². The van der Waals surface area contributed by atoms with E-state index < -0.39 is 12.1 Å². The first-order valence-electron chi connectivity index (χ1n) is 9.97. The van der Waals surface area contributed by atoms with Gasteiger partial charge in [-0.2, -0.15) is 18.2 Å². The molecule has 1 aliphatic rings. The van der Waals surface area contributed by atoms with Gasteiger partial charge in [0.15, 0.2) is 0 Å². The zero-order valence-corrected chi connectivity index (χ0v) is 16.6. The molecule has 1 unspecified atom stereocenters. The number of nitrogens with one attached hydrogen (secondary N) is 1. The van der Waals surface area contributed by atoms with E-state index in [-0.39, 0.29) is 17.8 Å². The van der Waals surface area contributed by atoms with Crippen molar-refractivity contribution in [1.29, 1.82) is 0 Å². The normalized spacial score (nSPS) is 17.1.